The van der Waals surface area contributed by atoms with E-state index in [9.17, 15) is 13.2 Å². The van der Waals surface area contributed by atoms with E-state index in [0.29, 0.717) is 17.7 Å². The van der Waals surface area contributed by atoms with Crippen molar-refractivity contribution >= 4 is 0 Å². The van der Waals surface area contributed by atoms with Crippen molar-refractivity contribution in [3.8, 4) is 0 Å². The Hall–Kier alpha value is -0.970. The molecule has 0 saturated carbocycles. The molecular formula is C10H12F3NO. The van der Waals surface area contributed by atoms with Gasteiger partial charge in [-0.05, 0) is 37.9 Å². The first kappa shape index (κ1) is 10.5. The zero-order valence-electron chi connectivity index (χ0n) is 8.32. The second kappa shape index (κ2) is 3.56. The second-order valence-electron chi connectivity index (χ2n) is 3.73. The van der Waals surface area contributed by atoms with Crippen LogP contribution in [0.15, 0.2) is 10.5 Å². The number of hydrogen-bond acceptors (Lipinski definition) is 2. The topological polar surface area (TPSA) is 25.2 Å². The Morgan fingerprint density at radius 1 is 1.47 bits per heavy atom. The Morgan fingerprint density at radius 3 is 2.80 bits per heavy atom. The van der Waals surface area contributed by atoms with Crippen molar-refractivity contribution in [2.24, 2.45) is 0 Å². The van der Waals surface area contributed by atoms with Crippen LogP contribution in [-0.2, 0) is 12.6 Å². The van der Waals surface area contributed by atoms with Crippen molar-refractivity contribution in [3.63, 3.8) is 0 Å². The Kier molecular flexibility index (Phi) is 2.50. The number of alkyl halides is 3. The molecule has 2 nitrogen and oxygen atoms in total. The van der Waals surface area contributed by atoms with Crippen molar-refractivity contribution in [1.29, 1.82) is 0 Å². The molecule has 1 aromatic heterocycles. The minimum Gasteiger partial charge on any atom is -0.455 e. The predicted octanol–water partition coefficient (Wildman–Crippen LogP) is 2.90. The van der Waals surface area contributed by atoms with Gasteiger partial charge in [-0.1, -0.05) is 0 Å². The fourth-order valence-corrected chi connectivity index (χ4v) is 1.98. The predicted molar refractivity (Wildman–Crippen MR) is 48.4 cm³/mol. The summed E-state index contributed by atoms with van der Waals surface area (Å²) in [6.07, 6.45) is -1.98. The summed E-state index contributed by atoms with van der Waals surface area (Å²) in [5.74, 6) is -0.425. The maximum absolute atomic E-state index is 12.4. The summed E-state index contributed by atoms with van der Waals surface area (Å²) in [6.45, 7) is 0. The molecule has 5 heteroatoms. The highest BCUT2D eigenvalue weighted by molar-refractivity contribution is 5.27. The van der Waals surface area contributed by atoms with E-state index in [-0.39, 0.29) is 6.04 Å². The van der Waals surface area contributed by atoms with Crippen molar-refractivity contribution < 1.29 is 17.6 Å². The number of furan rings is 1. The van der Waals surface area contributed by atoms with Crippen LogP contribution >= 0.6 is 0 Å². The van der Waals surface area contributed by atoms with Gasteiger partial charge in [-0.2, -0.15) is 13.2 Å². The van der Waals surface area contributed by atoms with Gasteiger partial charge >= 0.3 is 6.18 Å². The molecule has 84 valence electrons. The van der Waals surface area contributed by atoms with Gasteiger partial charge in [-0.25, -0.2) is 0 Å². The smallest absolute Gasteiger partial charge is 0.449 e. The SMILES string of the molecule is CNC1CCCc2cc(C(F)(F)F)oc21. The fourth-order valence-electron chi connectivity index (χ4n) is 1.98. The molecule has 1 N–H and O–H groups in total. The van der Waals surface area contributed by atoms with E-state index in [4.69, 9.17) is 4.42 Å². The van der Waals surface area contributed by atoms with Crippen LogP contribution in [0.4, 0.5) is 13.2 Å². The van der Waals surface area contributed by atoms with Crippen molar-refractivity contribution in [2.45, 2.75) is 31.5 Å². The first-order chi connectivity index (χ1) is 7.02. The maximum Gasteiger partial charge on any atom is 0.449 e. The first-order valence-corrected chi connectivity index (χ1v) is 4.89. The van der Waals surface area contributed by atoms with E-state index in [0.717, 1.165) is 18.9 Å². The quantitative estimate of drug-likeness (QED) is 0.785. The molecule has 2 rings (SSSR count). The molecule has 0 radical (unpaired) electrons. The molecule has 0 aliphatic heterocycles. The molecule has 0 amide bonds. The molecule has 1 heterocycles. The van der Waals surface area contributed by atoms with Crippen LogP contribution in [0.3, 0.4) is 0 Å². The van der Waals surface area contributed by atoms with Gasteiger partial charge in [-0.3, -0.25) is 0 Å². The zero-order chi connectivity index (χ0) is 11.1. The molecule has 1 aromatic rings. The van der Waals surface area contributed by atoms with Crippen LogP contribution < -0.4 is 5.32 Å². The van der Waals surface area contributed by atoms with Gasteiger partial charge < -0.3 is 9.73 Å². The van der Waals surface area contributed by atoms with E-state index in [1.54, 1.807) is 7.05 Å². The number of fused-ring (bicyclic) bond motifs is 1. The highest BCUT2D eigenvalue weighted by atomic mass is 19.4. The molecule has 1 unspecified atom stereocenters. The molecule has 1 aliphatic rings. The number of aryl methyl sites for hydroxylation is 1. The van der Waals surface area contributed by atoms with E-state index >= 15 is 0 Å². The van der Waals surface area contributed by atoms with Crippen LogP contribution in [0.5, 0.6) is 0 Å². The molecule has 1 aliphatic carbocycles. The zero-order valence-corrected chi connectivity index (χ0v) is 8.32. The van der Waals surface area contributed by atoms with Gasteiger partial charge in [0.15, 0.2) is 0 Å². The summed E-state index contributed by atoms with van der Waals surface area (Å²) in [5, 5.41) is 2.96. The van der Waals surface area contributed by atoms with Crippen LogP contribution in [0.2, 0.25) is 0 Å². The molecule has 15 heavy (non-hydrogen) atoms. The average Bonchev–Trinajstić information content (AvgIpc) is 2.59. The van der Waals surface area contributed by atoms with E-state index in [1.807, 2.05) is 0 Å². The monoisotopic (exact) mass is 219 g/mol. The largest absolute Gasteiger partial charge is 0.455 e. The lowest BCUT2D eigenvalue weighted by Gasteiger charge is -2.19. The number of rotatable bonds is 1. The summed E-state index contributed by atoms with van der Waals surface area (Å²) in [7, 11) is 1.73. The normalized spacial score (nSPS) is 21.5. The van der Waals surface area contributed by atoms with Gasteiger partial charge in [0.1, 0.15) is 5.76 Å². The molecule has 0 saturated heterocycles. The summed E-state index contributed by atoms with van der Waals surface area (Å²) in [6, 6.07) is 1.04. The first-order valence-electron chi connectivity index (χ1n) is 4.89. The van der Waals surface area contributed by atoms with Gasteiger partial charge in [0, 0.05) is 0 Å². The second-order valence-corrected chi connectivity index (χ2v) is 3.73. The Labute approximate surface area is 85.5 Å². The molecule has 0 aromatic carbocycles. The third-order valence-corrected chi connectivity index (χ3v) is 2.72. The summed E-state index contributed by atoms with van der Waals surface area (Å²) in [5.41, 5.74) is 0.688. The third kappa shape index (κ3) is 1.88. The lowest BCUT2D eigenvalue weighted by Crippen LogP contribution is -2.20. The van der Waals surface area contributed by atoms with Gasteiger partial charge in [-0.15, -0.1) is 0 Å². The summed E-state index contributed by atoms with van der Waals surface area (Å²) >= 11 is 0. The number of nitrogens with one attached hydrogen (secondary N) is 1. The lowest BCUT2D eigenvalue weighted by molar-refractivity contribution is -0.153. The van der Waals surface area contributed by atoms with Gasteiger partial charge in [0.05, 0.1) is 6.04 Å². The minimum atomic E-state index is -4.38. The lowest BCUT2D eigenvalue weighted by atomic mass is 9.94. The van der Waals surface area contributed by atoms with Crippen LogP contribution in [0, 0.1) is 0 Å². The van der Waals surface area contributed by atoms with Crippen molar-refractivity contribution in [2.75, 3.05) is 7.05 Å². The minimum absolute atomic E-state index is 0.0788. The molecule has 0 fully saturated rings. The standard InChI is InChI=1S/C10H12F3NO/c1-14-7-4-2-3-6-5-8(10(11,12)13)15-9(6)7/h5,7,14H,2-4H2,1H3. The van der Waals surface area contributed by atoms with Gasteiger partial charge in [0.25, 0.3) is 0 Å². The average molecular weight is 219 g/mol. The van der Waals surface area contributed by atoms with E-state index in [2.05, 4.69) is 5.32 Å². The maximum atomic E-state index is 12.4. The molecule has 0 bridgehead atoms. The van der Waals surface area contributed by atoms with Crippen LogP contribution in [0.1, 0.15) is 36.0 Å². The Bertz CT molecular complexity index is 356. The van der Waals surface area contributed by atoms with Crippen LogP contribution in [0.25, 0.3) is 0 Å². The van der Waals surface area contributed by atoms with E-state index < -0.39 is 11.9 Å². The van der Waals surface area contributed by atoms with E-state index in [1.165, 1.54) is 0 Å². The summed E-state index contributed by atoms with van der Waals surface area (Å²) in [4.78, 5) is 0. The Morgan fingerprint density at radius 2 is 2.20 bits per heavy atom. The summed E-state index contributed by atoms with van der Waals surface area (Å²) < 4.78 is 42.1. The third-order valence-electron chi connectivity index (χ3n) is 2.72. The van der Waals surface area contributed by atoms with Crippen molar-refractivity contribution in [1.82, 2.24) is 5.32 Å². The molecular weight excluding hydrogens is 207 g/mol. The molecule has 1 atom stereocenters. The number of hydrogen-bond donors (Lipinski definition) is 1. The van der Waals surface area contributed by atoms with Crippen molar-refractivity contribution in [3.05, 3.63) is 23.2 Å². The van der Waals surface area contributed by atoms with Crippen LogP contribution in [-0.4, -0.2) is 7.05 Å². The number of halogens is 3. The molecule has 0 spiro atoms. The highest BCUT2D eigenvalue weighted by Crippen LogP contribution is 2.38. The fraction of sp³-hybridized carbons (Fsp3) is 0.600. The highest BCUT2D eigenvalue weighted by Gasteiger charge is 2.37. The Balaban J connectivity index is 2.37. The van der Waals surface area contributed by atoms with Gasteiger partial charge in [0.2, 0.25) is 5.76 Å².